The van der Waals surface area contributed by atoms with Crippen molar-refractivity contribution in [3.63, 3.8) is 0 Å². The fourth-order valence-corrected chi connectivity index (χ4v) is 3.26. The molecule has 0 amide bonds. The number of carboxylic acids is 1. The highest BCUT2D eigenvalue weighted by molar-refractivity contribution is 9.10. The number of benzene rings is 1. The summed E-state index contributed by atoms with van der Waals surface area (Å²) in [7, 11) is 0. The highest BCUT2D eigenvalue weighted by Gasteiger charge is 2.30. The predicted octanol–water partition coefficient (Wildman–Crippen LogP) is 3.57. The first-order valence-corrected chi connectivity index (χ1v) is 7.75. The van der Waals surface area contributed by atoms with Crippen LogP contribution < -0.4 is 5.32 Å². The van der Waals surface area contributed by atoms with Gasteiger partial charge in [-0.2, -0.15) is 0 Å². The van der Waals surface area contributed by atoms with Gasteiger partial charge in [0.1, 0.15) is 5.82 Å². The van der Waals surface area contributed by atoms with Crippen LogP contribution >= 0.6 is 15.9 Å². The van der Waals surface area contributed by atoms with E-state index in [2.05, 4.69) is 21.2 Å². The summed E-state index contributed by atoms with van der Waals surface area (Å²) in [4.78, 5) is 11.2. The summed E-state index contributed by atoms with van der Waals surface area (Å²) in [6.45, 7) is 1.21. The number of hydrogen-bond acceptors (Lipinski definition) is 2. The zero-order chi connectivity index (χ0) is 14.5. The van der Waals surface area contributed by atoms with Crippen LogP contribution in [0.1, 0.15) is 31.2 Å². The van der Waals surface area contributed by atoms with Gasteiger partial charge in [-0.25, -0.2) is 4.39 Å². The average Bonchev–Trinajstić information content (AvgIpc) is 2.44. The Hall–Kier alpha value is -0.940. The Morgan fingerprint density at radius 2 is 2.15 bits per heavy atom. The molecule has 0 spiro atoms. The molecule has 1 aliphatic carbocycles. The summed E-state index contributed by atoms with van der Waals surface area (Å²) in [6.07, 6.45) is 3.82. The van der Waals surface area contributed by atoms with Gasteiger partial charge in [-0.3, -0.25) is 4.79 Å². The molecule has 1 saturated carbocycles. The number of carboxylic acid groups (broad SMARTS) is 1. The van der Waals surface area contributed by atoms with Gasteiger partial charge < -0.3 is 10.4 Å². The summed E-state index contributed by atoms with van der Waals surface area (Å²) < 4.78 is 13.9. The molecular weight excluding hydrogens is 325 g/mol. The largest absolute Gasteiger partial charge is 0.481 e. The summed E-state index contributed by atoms with van der Waals surface area (Å²) >= 11 is 3.23. The van der Waals surface area contributed by atoms with E-state index in [1.54, 1.807) is 6.07 Å². The quantitative estimate of drug-likeness (QED) is 0.859. The molecule has 0 heterocycles. The Morgan fingerprint density at radius 1 is 1.40 bits per heavy atom. The summed E-state index contributed by atoms with van der Waals surface area (Å²) in [6, 6.07) is 4.95. The molecule has 2 N–H and O–H groups in total. The van der Waals surface area contributed by atoms with Gasteiger partial charge in [0, 0.05) is 6.54 Å². The van der Waals surface area contributed by atoms with Crippen LogP contribution in [0.3, 0.4) is 0 Å². The Bertz CT molecular complexity index is 481. The number of halogens is 2. The molecule has 2 rings (SSSR count). The van der Waals surface area contributed by atoms with Crippen molar-refractivity contribution in [1.29, 1.82) is 0 Å². The van der Waals surface area contributed by atoms with Gasteiger partial charge in [0.05, 0.1) is 10.4 Å². The molecule has 110 valence electrons. The number of hydrogen-bond donors (Lipinski definition) is 2. The van der Waals surface area contributed by atoms with Gasteiger partial charge in [0.25, 0.3) is 0 Å². The molecule has 0 bridgehead atoms. The van der Waals surface area contributed by atoms with E-state index in [1.165, 1.54) is 6.07 Å². The van der Waals surface area contributed by atoms with Gasteiger partial charge in [-0.15, -0.1) is 0 Å². The molecule has 0 saturated heterocycles. The minimum Gasteiger partial charge on any atom is -0.481 e. The van der Waals surface area contributed by atoms with E-state index in [0.29, 0.717) is 17.6 Å². The molecule has 0 aromatic heterocycles. The molecule has 3 nitrogen and oxygen atoms in total. The van der Waals surface area contributed by atoms with Crippen molar-refractivity contribution in [2.24, 2.45) is 11.8 Å². The molecule has 2 atom stereocenters. The summed E-state index contributed by atoms with van der Waals surface area (Å²) in [5.41, 5.74) is 0.854. The van der Waals surface area contributed by atoms with E-state index in [0.717, 1.165) is 31.2 Å². The van der Waals surface area contributed by atoms with Crippen LogP contribution in [0, 0.1) is 17.7 Å². The van der Waals surface area contributed by atoms with Crippen LogP contribution in [-0.2, 0) is 11.3 Å². The minimum atomic E-state index is -0.691. The fraction of sp³-hybridized carbons (Fsp3) is 0.533. The molecule has 1 aromatic rings. The van der Waals surface area contributed by atoms with Crippen molar-refractivity contribution >= 4 is 21.9 Å². The maximum atomic E-state index is 13.4. The third-order valence-electron chi connectivity index (χ3n) is 3.98. The molecule has 0 radical (unpaired) electrons. The Balaban J connectivity index is 1.88. The monoisotopic (exact) mass is 343 g/mol. The SMILES string of the molecule is O=C(O)C1CCCCC1CNCc1cccc(F)c1Br. The van der Waals surface area contributed by atoms with E-state index in [-0.39, 0.29) is 17.7 Å². The predicted molar refractivity (Wildman–Crippen MR) is 78.9 cm³/mol. The zero-order valence-corrected chi connectivity index (χ0v) is 12.8. The maximum Gasteiger partial charge on any atom is 0.306 e. The number of carbonyl (C=O) groups is 1. The molecule has 5 heteroatoms. The molecule has 1 aliphatic rings. The Kier molecular flexibility index (Phi) is 5.54. The lowest BCUT2D eigenvalue weighted by molar-refractivity contribution is -0.144. The second-order valence-electron chi connectivity index (χ2n) is 5.33. The molecule has 1 fully saturated rings. The van der Waals surface area contributed by atoms with Crippen molar-refractivity contribution in [3.05, 3.63) is 34.1 Å². The minimum absolute atomic E-state index is 0.175. The lowest BCUT2D eigenvalue weighted by Gasteiger charge is -2.28. The van der Waals surface area contributed by atoms with Crippen LogP contribution in [0.4, 0.5) is 4.39 Å². The fourth-order valence-electron chi connectivity index (χ4n) is 2.85. The van der Waals surface area contributed by atoms with Crippen molar-refractivity contribution in [2.45, 2.75) is 32.2 Å². The summed E-state index contributed by atoms with van der Waals surface area (Å²) in [5, 5.41) is 12.5. The van der Waals surface area contributed by atoms with Crippen LogP contribution in [0.25, 0.3) is 0 Å². The first kappa shape index (κ1) is 15.4. The van der Waals surface area contributed by atoms with Crippen LogP contribution in [-0.4, -0.2) is 17.6 Å². The van der Waals surface area contributed by atoms with E-state index in [1.807, 2.05) is 6.07 Å². The number of nitrogens with one attached hydrogen (secondary N) is 1. The zero-order valence-electron chi connectivity index (χ0n) is 11.2. The topological polar surface area (TPSA) is 49.3 Å². The van der Waals surface area contributed by atoms with Crippen LogP contribution in [0.2, 0.25) is 0 Å². The first-order chi connectivity index (χ1) is 9.59. The lowest BCUT2D eigenvalue weighted by Crippen LogP contribution is -2.34. The molecule has 0 aliphatic heterocycles. The lowest BCUT2D eigenvalue weighted by atomic mass is 9.79. The summed E-state index contributed by atoms with van der Waals surface area (Å²) in [5.74, 6) is -1.03. The Morgan fingerprint density at radius 3 is 2.90 bits per heavy atom. The van der Waals surface area contributed by atoms with Crippen molar-refractivity contribution in [3.8, 4) is 0 Å². The van der Waals surface area contributed by atoms with E-state index >= 15 is 0 Å². The second kappa shape index (κ2) is 7.18. The molecule has 20 heavy (non-hydrogen) atoms. The van der Waals surface area contributed by atoms with Crippen molar-refractivity contribution in [2.75, 3.05) is 6.54 Å². The average molecular weight is 344 g/mol. The highest BCUT2D eigenvalue weighted by Crippen LogP contribution is 2.30. The van der Waals surface area contributed by atoms with E-state index < -0.39 is 5.97 Å². The first-order valence-electron chi connectivity index (χ1n) is 6.96. The van der Waals surface area contributed by atoms with Gasteiger partial charge in [0.15, 0.2) is 0 Å². The second-order valence-corrected chi connectivity index (χ2v) is 6.13. The van der Waals surface area contributed by atoms with Crippen molar-refractivity contribution < 1.29 is 14.3 Å². The van der Waals surface area contributed by atoms with Crippen molar-refractivity contribution in [1.82, 2.24) is 5.32 Å². The van der Waals surface area contributed by atoms with Gasteiger partial charge >= 0.3 is 5.97 Å². The molecular formula is C15H19BrFNO2. The standard InChI is InChI=1S/C15H19BrFNO2/c16-14-11(5-3-7-13(14)17)9-18-8-10-4-1-2-6-12(10)15(19)20/h3,5,7,10,12,18H,1-2,4,6,8-9H2,(H,19,20). The molecule has 1 aromatic carbocycles. The number of rotatable bonds is 5. The van der Waals surface area contributed by atoms with Gasteiger partial charge in [0.2, 0.25) is 0 Å². The number of aliphatic carboxylic acids is 1. The van der Waals surface area contributed by atoms with Crippen LogP contribution in [0.15, 0.2) is 22.7 Å². The maximum absolute atomic E-state index is 13.4. The van der Waals surface area contributed by atoms with Gasteiger partial charge in [-0.05, 0) is 52.9 Å². The third-order valence-corrected chi connectivity index (χ3v) is 4.87. The van der Waals surface area contributed by atoms with Gasteiger partial charge in [-0.1, -0.05) is 25.0 Å². The third kappa shape index (κ3) is 3.79. The highest BCUT2D eigenvalue weighted by atomic mass is 79.9. The molecule has 2 unspecified atom stereocenters. The normalized spacial score (nSPS) is 22.7. The van der Waals surface area contributed by atoms with E-state index in [9.17, 15) is 14.3 Å². The smallest absolute Gasteiger partial charge is 0.306 e. The van der Waals surface area contributed by atoms with E-state index in [4.69, 9.17) is 0 Å². The van der Waals surface area contributed by atoms with Crippen LogP contribution in [0.5, 0.6) is 0 Å². The Labute approximate surface area is 126 Å².